The molecule has 0 spiro atoms. The first-order chi connectivity index (χ1) is 10.7. The molecule has 0 saturated heterocycles. The molecule has 0 radical (unpaired) electrons. The van der Waals surface area contributed by atoms with Crippen LogP contribution in [0.4, 0.5) is 17.6 Å². The Morgan fingerprint density at radius 3 is 2.26 bits per heavy atom. The Kier molecular flexibility index (Phi) is 4.94. The second-order valence-electron chi connectivity index (χ2n) is 4.91. The number of carbonyl (C=O) groups excluding carboxylic acids is 1. The lowest BCUT2D eigenvalue weighted by Gasteiger charge is -2.16. The van der Waals surface area contributed by atoms with Gasteiger partial charge in [-0.15, -0.1) is 0 Å². The maximum Gasteiger partial charge on any atom is 0.416 e. The van der Waals surface area contributed by atoms with E-state index in [1.807, 2.05) is 0 Å². The number of halogens is 5. The number of benzene rings is 2. The lowest BCUT2D eigenvalue weighted by Crippen LogP contribution is -2.27. The number of rotatable bonds is 3. The van der Waals surface area contributed by atoms with Gasteiger partial charge in [0, 0.05) is 0 Å². The SMILES string of the molecule is CC(NC(=O)c1c(F)cccc1Cl)c1ccc(C(F)(F)F)cc1. The summed E-state index contributed by atoms with van der Waals surface area (Å²) in [6.07, 6.45) is -4.42. The van der Waals surface area contributed by atoms with Crippen molar-refractivity contribution in [3.8, 4) is 0 Å². The van der Waals surface area contributed by atoms with Crippen LogP contribution in [-0.4, -0.2) is 5.91 Å². The molecule has 7 heteroatoms. The summed E-state index contributed by atoms with van der Waals surface area (Å²) >= 11 is 5.80. The molecule has 2 nitrogen and oxygen atoms in total. The first kappa shape index (κ1) is 17.3. The number of hydrogen-bond acceptors (Lipinski definition) is 1. The zero-order chi connectivity index (χ0) is 17.2. The Balaban J connectivity index is 2.16. The molecule has 0 aliphatic rings. The molecule has 0 bridgehead atoms. The van der Waals surface area contributed by atoms with Gasteiger partial charge in [-0.3, -0.25) is 4.79 Å². The Hall–Kier alpha value is -2.08. The van der Waals surface area contributed by atoms with Crippen LogP contribution in [-0.2, 0) is 6.18 Å². The fourth-order valence-electron chi connectivity index (χ4n) is 2.03. The summed E-state index contributed by atoms with van der Waals surface area (Å²) in [5.41, 5.74) is -0.622. The summed E-state index contributed by atoms with van der Waals surface area (Å²) in [5, 5.41) is 2.47. The van der Waals surface area contributed by atoms with Gasteiger partial charge in [0.15, 0.2) is 0 Å². The molecule has 1 N–H and O–H groups in total. The van der Waals surface area contributed by atoms with Gasteiger partial charge >= 0.3 is 6.18 Å². The summed E-state index contributed by atoms with van der Waals surface area (Å²) in [6.45, 7) is 1.58. The van der Waals surface area contributed by atoms with Gasteiger partial charge in [-0.25, -0.2) is 4.39 Å². The van der Waals surface area contributed by atoms with Crippen LogP contribution >= 0.6 is 11.6 Å². The molecule has 1 atom stereocenters. The Bertz CT molecular complexity index is 693. The normalized spacial score (nSPS) is 12.8. The van der Waals surface area contributed by atoms with Gasteiger partial charge in [0.05, 0.1) is 22.2 Å². The van der Waals surface area contributed by atoms with Gasteiger partial charge in [0.25, 0.3) is 5.91 Å². The van der Waals surface area contributed by atoms with Gasteiger partial charge in [0.1, 0.15) is 5.82 Å². The highest BCUT2D eigenvalue weighted by Gasteiger charge is 2.30. The third-order valence-electron chi connectivity index (χ3n) is 3.28. The summed E-state index contributed by atoms with van der Waals surface area (Å²) in [5.74, 6) is -1.50. The summed E-state index contributed by atoms with van der Waals surface area (Å²) in [6, 6.07) is 7.61. The minimum absolute atomic E-state index is 0.0397. The lowest BCUT2D eigenvalue weighted by molar-refractivity contribution is -0.137. The predicted molar refractivity (Wildman–Crippen MR) is 78.7 cm³/mol. The molecule has 23 heavy (non-hydrogen) atoms. The van der Waals surface area contributed by atoms with E-state index in [4.69, 9.17) is 11.6 Å². The van der Waals surface area contributed by atoms with Crippen LogP contribution in [0.1, 0.15) is 34.5 Å². The molecular weight excluding hydrogens is 334 g/mol. The van der Waals surface area contributed by atoms with Gasteiger partial charge in [-0.05, 0) is 36.8 Å². The first-order valence-corrected chi connectivity index (χ1v) is 7.00. The quantitative estimate of drug-likeness (QED) is 0.780. The molecule has 1 unspecified atom stereocenters. The molecule has 0 heterocycles. The first-order valence-electron chi connectivity index (χ1n) is 6.62. The molecule has 0 aliphatic heterocycles. The third kappa shape index (κ3) is 4.01. The van der Waals surface area contributed by atoms with E-state index in [2.05, 4.69) is 5.32 Å². The average Bonchev–Trinajstić information content (AvgIpc) is 2.46. The molecule has 2 aromatic carbocycles. The van der Waals surface area contributed by atoms with Gasteiger partial charge < -0.3 is 5.32 Å². The van der Waals surface area contributed by atoms with Gasteiger partial charge in [0.2, 0.25) is 0 Å². The van der Waals surface area contributed by atoms with Crippen molar-refractivity contribution in [1.82, 2.24) is 5.32 Å². The van der Waals surface area contributed by atoms with E-state index in [0.717, 1.165) is 18.2 Å². The second-order valence-corrected chi connectivity index (χ2v) is 5.32. The highest BCUT2D eigenvalue weighted by molar-refractivity contribution is 6.33. The number of alkyl halides is 3. The third-order valence-corrected chi connectivity index (χ3v) is 3.59. The number of carbonyl (C=O) groups is 1. The van der Waals surface area contributed by atoms with E-state index < -0.39 is 29.5 Å². The van der Waals surface area contributed by atoms with Crippen LogP contribution in [0.5, 0.6) is 0 Å². The Labute approximate surface area is 135 Å². The minimum Gasteiger partial charge on any atom is -0.345 e. The van der Waals surface area contributed by atoms with E-state index >= 15 is 0 Å². The highest BCUT2D eigenvalue weighted by atomic mass is 35.5. The van der Waals surface area contributed by atoms with Crippen molar-refractivity contribution in [2.45, 2.75) is 19.1 Å². The Morgan fingerprint density at radius 2 is 1.74 bits per heavy atom. The molecule has 0 fully saturated rings. The van der Waals surface area contributed by atoms with Crippen molar-refractivity contribution in [3.05, 3.63) is 70.0 Å². The molecule has 0 aromatic heterocycles. The van der Waals surface area contributed by atoms with E-state index in [-0.39, 0.29) is 10.6 Å². The van der Waals surface area contributed by atoms with Crippen LogP contribution in [0.15, 0.2) is 42.5 Å². The van der Waals surface area contributed by atoms with Crippen LogP contribution in [0, 0.1) is 5.82 Å². The van der Waals surface area contributed by atoms with Crippen LogP contribution < -0.4 is 5.32 Å². The highest BCUT2D eigenvalue weighted by Crippen LogP contribution is 2.30. The monoisotopic (exact) mass is 345 g/mol. The standard InChI is InChI=1S/C16H12ClF4NO/c1-9(10-5-7-11(8-6-10)16(19,20)21)22-15(23)14-12(17)3-2-4-13(14)18/h2-9H,1H3,(H,22,23). The van der Waals surface area contributed by atoms with Crippen LogP contribution in [0.2, 0.25) is 5.02 Å². The van der Waals surface area contributed by atoms with Crippen molar-refractivity contribution in [3.63, 3.8) is 0 Å². The molecular formula is C16H12ClF4NO. The molecule has 122 valence electrons. The zero-order valence-electron chi connectivity index (χ0n) is 11.9. The van der Waals surface area contributed by atoms with Crippen LogP contribution in [0.3, 0.4) is 0 Å². The average molecular weight is 346 g/mol. The lowest BCUT2D eigenvalue weighted by atomic mass is 10.1. The van der Waals surface area contributed by atoms with Gasteiger partial charge in [-0.2, -0.15) is 13.2 Å². The van der Waals surface area contributed by atoms with Crippen LogP contribution in [0.25, 0.3) is 0 Å². The van der Waals surface area contributed by atoms with E-state index in [9.17, 15) is 22.4 Å². The Morgan fingerprint density at radius 1 is 1.13 bits per heavy atom. The summed E-state index contributed by atoms with van der Waals surface area (Å²) in [7, 11) is 0. The van der Waals surface area contributed by atoms with Crippen molar-refractivity contribution < 1.29 is 22.4 Å². The van der Waals surface area contributed by atoms with E-state index in [0.29, 0.717) is 5.56 Å². The van der Waals surface area contributed by atoms with Crippen molar-refractivity contribution >= 4 is 17.5 Å². The van der Waals surface area contributed by atoms with E-state index in [1.54, 1.807) is 6.92 Å². The maximum atomic E-state index is 13.7. The largest absolute Gasteiger partial charge is 0.416 e. The maximum absolute atomic E-state index is 13.7. The minimum atomic E-state index is -4.42. The van der Waals surface area contributed by atoms with Crippen molar-refractivity contribution in [1.29, 1.82) is 0 Å². The van der Waals surface area contributed by atoms with Gasteiger partial charge in [-0.1, -0.05) is 29.8 Å². The molecule has 0 saturated carbocycles. The summed E-state index contributed by atoms with van der Waals surface area (Å²) in [4.78, 5) is 12.1. The van der Waals surface area contributed by atoms with Crippen molar-refractivity contribution in [2.75, 3.05) is 0 Å². The zero-order valence-corrected chi connectivity index (χ0v) is 12.7. The topological polar surface area (TPSA) is 29.1 Å². The predicted octanol–water partition coefficient (Wildman–Crippen LogP) is 4.99. The smallest absolute Gasteiger partial charge is 0.345 e. The number of amides is 1. The fourth-order valence-corrected chi connectivity index (χ4v) is 2.28. The van der Waals surface area contributed by atoms with E-state index in [1.165, 1.54) is 24.3 Å². The number of hydrogen-bond donors (Lipinski definition) is 1. The second kappa shape index (κ2) is 6.58. The number of nitrogens with one attached hydrogen (secondary N) is 1. The fraction of sp³-hybridized carbons (Fsp3) is 0.188. The summed E-state index contributed by atoms with van der Waals surface area (Å²) < 4.78 is 51.2. The molecule has 0 aliphatic carbocycles. The molecule has 1 amide bonds. The molecule has 2 aromatic rings. The van der Waals surface area contributed by atoms with Crippen molar-refractivity contribution in [2.24, 2.45) is 0 Å². The molecule has 2 rings (SSSR count).